The lowest BCUT2D eigenvalue weighted by atomic mass is 10.0. The minimum atomic E-state index is 0.0140. The van der Waals surface area contributed by atoms with Crippen LogP contribution in [-0.2, 0) is 13.5 Å². The molecular formula is C21H23N5OS. The molecule has 2 heterocycles. The maximum absolute atomic E-state index is 12.8. The Balaban J connectivity index is 1.48. The van der Waals surface area contributed by atoms with Crippen molar-refractivity contribution in [2.24, 2.45) is 7.05 Å². The zero-order valence-corrected chi connectivity index (χ0v) is 17.1. The van der Waals surface area contributed by atoms with Gasteiger partial charge in [0.15, 0.2) is 10.9 Å². The van der Waals surface area contributed by atoms with Crippen molar-refractivity contribution >= 4 is 17.5 Å². The van der Waals surface area contributed by atoms with Crippen molar-refractivity contribution < 1.29 is 4.79 Å². The highest BCUT2D eigenvalue weighted by Crippen LogP contribution is 2.40. The number of nitrogens with zero attached hydrogens (tertiary/aromatic N) is 5. The molecule has 0 saturated heterocycles. The highest BCUT2D eigenvalue weighted by molar-refractivity contribution is 7.99. The summed E-state index contributed by atoms with van der Waals surface area (Å²) < 4.78 is 1.90. The molecule has 1 aliphatic rings. The Morgan fingerprint density at radius 2 is 2.18 bits per heavy atom. The topological polar surface area (TPSA) is 73.6 Å². The van der Waals surface area contributed by atoms with Crippen molar-refractivity contribution in [3.05, 3.63) is 65.0 Å². The second kappa shape index (κ2) is 7.83. The molecule has 0 spiro atoms. The summed E-state index contributed by atoms with van der Waals surface area (Å²) in [7, 11) is 1.93. The third-order valence-corrected chi connectivity index (χ3v) is 6.19. The van der Waals surface area contributed by atoms with Crippen molar-refractivity contribution in [3.8, 4) is 0 Å². The summed E-state index contributed by atoms with van der Waals surface area (Å²) in [6, 6.07) is 8.17. The van der Waals surface area contributed by atoms with Crippen molar-refractivity contribution in [2.45, 2.75) is 49.4 Å². The standard InChI is InChI=1S/C21H23N5OS/c1-13-20(16-7-8-16)24-18(11-22-13)19(27)10-15-5-4-6-17(9-15)14(2)28-21-25-23-12-26(21)3/h4-6,9,11-12,14,16H,7-8,10H2,1-3H3/t14-/m0/s1. The number of carbonyl (C=O) groups excluding carboxylic acids is 1. The quantitative estimate of drug-likeness (QED) is 0.445. The molecule has 0 bridgehead atoms. The lowest BCUT2D eigenvalue weighted by Gasteiger charge is -2.12. The highest BCUT2D eigenvalue weighted by atomic mass is 32.2. The summed E-state index contributed by atoms with van der Waals surface area (Å²) in [5, 5.41) is 9.14. The maximum atomic E-state index is 12.8. The van der Waals surface area contributed by atoms with E-state index in [0.717, 1.165) is 40.5 Å². The van der Waals surface area contributed by atoms with Gasteiger partial charge in [-0.3, -0.25) is 9.78 Å². The van der Waals surface area contributed by atoms with Gasteiger partial charge in [-0.2, -0.15) is 0 Å². The fourth-order valence-corrected chi connectivity index (χ4v) is 4.09. The lowest BCUT2D eigenvalue weighted by Crippen LogP contribution is -2.10. The second-order valence-electron chi connectivity index (χ2n) is 7.33. The number of hydrogen-bond donors (Lipinski definition) is 0. The van der Waals surface area contributed by atoms with E-state index in [9.17, 15) is 4.79 Å². The average molecular weight is 394 g/mol. The summed E-state index contributed by atoms with van der Waals surface area (Å²) in [5.41, 5.74) is 4.55. The Labute approximate surface area is 168 Å². The Morgan fingerprint density at radius 1 is 1.36 bits per heavy atom. The Hall–Kier alpha value is -2.54. The van der Waals surface area contributed by atoms with Crippen LogP contribution in [0.3, 0.4) is 0 Å². The van der Waals surface area contributed by atoms with Crippen LogP contribution in [0.1, 0.15) is 63.9 Å². The molecule has 7 heteroatoms. The molecular weight excluding hydrogens is 370 g/mol. The van der Waals surface area contributed by atoms with Gasteiger partial charge < -0.3 is 4.57 Å². The zero-order chi connectivity index (χ0) is 19.7. The van der Waals surface area contributed by atoms with Crippen LogP contribution in [0, 0.1) is 6.92 Å². The van der Waals surface area contributed by atoms with Gasteiger partial charge in [-0.15, -0.1) is 10.2 Å². The third-order valence-electron chi connectivity index (χ3n) is 4.98. The zero-order valence-electron chi connectivity index (χ0n) is 16.3. The van der Waals surface area contributed by atoms with Crippen LogP contribution in [0.4, 0.5) is 0 Å². The molecule has 1 aromatic carbocycles. The van der Waals surface area contributed by atoms with Crippen LogP contribution < -0.4 is 0 Å². The van der Waals surface area contributed by atoms with E-state index in [-0.39, 0.29) is 11.0 Å². The summed E-state index contributed by atoms with van der Waals surface area (Å²) in [5.74, 6) is 0.502. The number of thioether (sulfide) groups is 1. The molecule has 6 nitrogen and oxygen atoms in total. The normalized spacial score (nSPS) is 14.8. The largest absolute Gasteiger partial charge is 0.312 e. The molecule has 4 rings (SSSR count). The summed E-state index contributed by atoms with van der Waals surface area (Å²) in [6.07, 6.45) is 5.94. The maximum Gasteiger partial charge on any atom is 0.191 e. The smallest absolute Gasteiger partial charge is 0.191 e. The molecule has 3 aromatic rings. The van der Waals surface area contributed by atoms with Gasteiger partial charge in [-0.05, 0) is 37.8 Å². The van der Waals surface area contributed by atoms with E-state index < -0.39 is 0 Å². The van der Waals surface area contributed by atoms with Crippen molar-refractivity contribution in [1.82, 2.24) is 24.7 Å². The molecule has 0 radical (unpaired) electrons. The third kappa shape index (κ3) is 4.14. The summed E-state index contributed by atoms with van der Waals surface area (Å²) in [6.45, 7) is 4.10. The molecule has 0 unspecified atom stereocenters. The molecule has 2 aromatic heterocycles. The van der Waals surface area contributed by atoms with Crippen LogP contribution in [0.25, 0.3) is 0 Å². The number of aryl methyl sites for hydroxylation is 2. The molecule has 0 aliphatic heterocycles. The minimum Gasteiger partial charge on any atom is -0.312 e. The van der Waals surface area contributed by atoms with Crippen LogP contribution >= 0.6 is 11.8 Å². The van der Waals surface area contributed by atoms with Crippen molar-refractivity contribution in [2.75, 3.05) is 0 Å². The fraction of sp³-hybridized carbons (Fsp3) is 0.381. The number of carbonyl (C=O) groups is 1. The number of ketones is 1. The number of rotatable bonds is 7. The van der Waals surface area contributed by atoms with E-state index in [4.69, 9.17) is 0 Å². The lowest BCUT2D eigenvalue weighted by molar-refractivity contribution is 0.0987. The first-order valence-electron chi connectivity index (χ1n) is 9.47. The molecule has 0 N–H and O–H groups in total. The highest BCUT2D eigenvalue weighted by Gasteiger charge is 2.28. The molecule has 1 atom stereocenters. The first-order valence-corrected chi connectivity index (χ1v) is 10.4. The van der Waals surface area contributed by atoms with E-state index in [0.29, 0.717) is 18.0 Å². The number of benzene rings is 1. The van der Waals surface area contributed by atoms with E-state index >= 15 is 0 Å². The van der Waals surface area contributed by atoms with Gasteiger partial charge in [-0.1, -0.05) is 36.0 Å². The van der Waals surface area contributed by atoms with E-state index in [1.165, 1.54) is 0 Å². The number of aromatic nitrogens is 5. The summed E-state index contributed by atoms with van der Waals surface area (Å²) >= 11 is 1.65. The fourth-order valence-electron chi connectivity index (χ4n) is 3.18. The van der Waals surface area contributed by atoms with Gasteiger partial charge in [0, 0.05) is 24.6 Å². The first kappa shape index (κ1) is 18.8. The van der Waals surface area contributed by atoms with Crippen LogP contribution in [0.2, 0.25) is 0 Å². The Morgan fingerprint density at radius 3 is 2.89 bits per heavy atom. The molecule has 1 fully saturated rings. The van der Waals surface area contributed by atoms with Crippen LogP contribution in [0.15, 0.2) is 41.9 Å². The second-order valence-corrected chi connectivity index (χ2v) is 8.64. The predicted molar refractivity (Wildman–Crippen MR) is 108 cm³/mol. The van der Waals surface area contributed by atoms with Gasteiger partial charge in [0.05, 0.1) is 17.6 Å². The van der Waals surface area contributed by atoms with Gasteiger partial charge >= 0.3 is 0 Å². The van der Waals surface area contributed by atoms with Crippen molar-refractivity contribution in [3.63, 3.8) is 0 Å². The Kier molecular flexibility index (Phi) is 5.26. The number of hydrogen-bond acceptors (Lipinski definition) is 6. The van der Waals surface area contributed by atoms with Gasteiger partial charge in [0.25, 0.3) is 0 Å². The minimum absolute atomic E-state index is 0.0140. The van der Waals surface area contributed by atoms with Crippen LogP contribution in [0.5, 0.6) is 0 Å². The first-order chi connectivity index (χ1) is 13.5. The molecule has 144 valence electrons. The van der Waals surface area contributed by atoms with E-state index in [1.807, 2.05) is 30.7 Å². The molecule has 1 saturated carbocycles. The Bertz CT molecular complexity index is 1010. The average Bonchev–Trinajstić information content (AvgIpc) is 3.45. The monoisotopic (exact) mass is 393 g/mol. The van der Waals surface area contributed by atoms with E-state index in [2.05, 4.69) is 39.2 Å². The summed E-state index contributed by atoms with van der Waals surface area (Å²) in [4.78, 5) is 21.8. The van der Waals surface area contributed by atoms with Gasteiger partial charge in [0.1, 0.15) is 12.0 Å². The van der Waals surface area contributed by atoms with Gasteiger partial charge in [-0.25, -0.2) is 4.98 Å². The number of Topliss-reactive ketones (excluding diaryl/α,β-unsaturated/α-hetero) is 1. The molecule has 1 aliphatic carbocycles. The van der Waals surface area contributed by atoms with E-state index in [1.54, 1.807) is 24.3 Å². The van der Waals surface area contributed by atoms with Crippen LogP contribution in [-0.4, -0.2) is 30.5 Å². The molecule has 0 amide bonds. The van der Waals surface area contributed by atoms with Gasteiger partial charge in [0.2, 0.25) is 0 Å². The van der Waals surface area contributed by atoms with Crippen molar-refractivity contribution in [1.29, 1.82) is 0 Å². The predicted octanol–water partition coefficient (Wildman–Crippen LogP) is 4.07. The molecule has 28 heavy (non-hydrogen) atoms. The SMILES string of the molecule is Cc1ncc(C(=O)Cc2cccc([C@H](C)Sc3nncn3C)c2)nc1C1CC1.